The number of aliphatic imine (C=N–C) groups is 1. The highest BCUT2D eigenvalue weighted by Crippen LogP contribution is 2.29. The average Bonchev–Trinajstić information content (AvgIpc) is 3.10. The van der Waals surface area contributed by atoms with E-state index >= 15 is 0 Å². The molecule has 6 nitrogen and oxygen atoms in total. The summed E-state index contributed by atoms with van der Waals surface area (Å²) in [6, 6.07) is 11.2. The van der Waals surface area contributed by atoms with Crippen LogP contribution >= 0.6 is 35.1 Å². The maximum atomic E-state index is 12.3. The maximum Gasteiger partial charge on any atom is 0.387 e. The first-order valence-corrected chi connectivity index (χ1v) is 9.81. The third-order valence-corrected chi connectivity index (χ3v) is 5.20. The number of hydrazone groups is 1. The van der Waals surface area contributed by atoms with E-state index in [1.54, 1.807) is 35.3 Å². The molecule has 0 aliphatic carbocycles. The van der Waals surface area contributed by atoms with E-state index in [4.69, 9.17) is 27.9 Å². The SMILES string of the molecule is FC(F)Oc1ccc(C2=NN3C(COc4ccc(Cl)cc4Cl)=NSC3=NC2)cc1. The van der Waals surface area contributed by atoms with Gasteiger partial charge in [-0.25, -0.2) is 0 Å². The second-order valence-electron chi connectivity index (χ2n) is 5.82. The van der Waals surface area contributed by atoms with E-state index in [1.807, 2.05) is 0 Å². The highest BCUT2D eigenvalue weighted by Gasteiger charge is 2.29. The molecule has 0 saturated heterocycles. The lowest BCUT2D eigenvalue weighted by Gasteiger charge is -2.20. The summed E-state index contributed by atoms with van der Waals surface area (Å²) in [5, 5.41) is 7.71. The molecule has 0 atom stereocenters. The fourth-order valence-electron chi connectivity index (χ4n) is 2.57. The smallest absolute Gasteiger partial charge is 0.387 e. The van der Waals surface area contributed by atoms with Gasteiger partial charge in [0.2, 0.25) is 5.17 Å². The Balaban J connectivity index is 1.46. The van der Waals surface area contributed by atoms with Gasteiger partial charge in [0.1, 0.15) is 18.1 Å². The Labute approximate surface area is 179 Å². The molecule has 0 spiro atoms. The van der Waals surface area contributed by atoms with Crippen LogP contribution in [-0.2, 0) is 0 Å². The second kappa shape index (κ2) is 8.56. The fraction of sp³-hybridized carbons (Fsp3) is 0.167. The number of ether oxygens (including phenoxy) is 2. The largest absolute Gasteiger partial charge is 0.484 e. The number of nitrogens with zero attached hydrogens (tertiary/aromatic N) is 4. The summed E-state index contributed by atoms with van der Waals surface area (Å²) < 4.78 is 39.0. The lowest BCUT2D eigenvalue weighted by molar-refractivity contribution is -0.0498. The van der Waals surface area contributed by atoms with Gasteiger partial charge in [0, 0.05) is 5.02 Å². The van der Waals surface area contributed by atoms with Crippen molar-refractivity contribution in [1.29, 1.82) is 0 Å². The molecule has 2 aromatic carbocycles. The van der Waals surface area contributed by atoms with Gasteiger partial charge in [-0.05, 0) is 48.0 Å². The van der Waals surface area contributed by atoms with Gasteiger partial charge in [0.25, 0.3) is 0 Å². The number of amidine groups is 2. The minimum atomic E-state index is -2.87. The molecular weight excluding hydrogens is 445 g/mol. The van der Waals surface area contributed by atoms with Gasteiger partial charge in [0.15, 0.2) is 5.84 Å². The normalized spacial score (nSPS) is 15.6. The molecule has 0 radical (unpaired) electrons. The molecule has 0 saturated carbocycles. The Hall–Kier alpha value is -2.36. The number of hydrogen-bond donors (Lipinski definition) is 0. The molecule has 150 valence electrons. The van der Waals surface area contributed by atoms with Crippen LogP contribution in [0.5, 0.6) is 11.5 Å². The Morgan fingerprint density at radius 3 is 2.66 bits per heavy atom. The average molecular weight is 457 g/mol. The van der Waals surface area contributed by atoms with Gasteiger partial charge < -0.3 is 9.47 Å². The highest BCUT2D eigenvalue weighted by atomic mass is 35.5. The minimum Gasteiger partial charge on any atom is -0.484 e. The second-order valence-corrected chi connectivity index (χ2v) is 7.40. The predicted octanol–water partition coefficient (Wildman–Crippen LogP) is 5.11. The van der Waals surface area contributed by atoms with Crippen LogP contribution in [-0.4, -0.2) is 41.5 Å². The van der Waals surface area contributed by atoms with Crippen molar-refractivity contribution in [2.24, 2.45) is 14.5 Å². The Bertz CT molecular complexity index is 1020. The zero-order valence-corrected chi connectivity index (χ0v) is 16.9. The molecule has 2 aromatic rings. The first kappa shape index (κ1) is 19.9. The molecule has 11 heteroatoms. The van der Waals surface area contributed by atoms with Crippen LogP contribution in [0.2, 0.25) is 10.0 Å². The molecule has 0 aromatic heterocycles. The minimum absolute atomic E-state index is 0.0802. The Morgan fingerprint density at radius 2 is 1.93 bits per heavy atom. The zero-order valence-electron chi connectivity index (χ0n) is 14.6. The summed E-state index contributed by atoms with van der Waals surface area (Å²) in [7, 11) is 0. The van der Waals surface area contributed by atoms with Crippen LogP contribution in [0.15, 0.2) is 57.0 Å². The molecule has 2 aliphatic heterocycles. The van der Waals surface area contributed by atoms with Crippen LogP contribution in [0.4, 0.5) is 8.78 Å². The zero-order chi connectivity index (χ0) is 20.4. The molecule has 4 rings (SSSR count). The van der Waals surface area contributed by atoms with Crippen molar-refractivity contribution in [2.75, 3.05) is 13.2 Å². The van der Waals surface area contributed by atoms with Gasteiger partial charge >= 0.3 is 6.61 Å². The molecular formula is C18H12Cl2F2N4O2S. The van der Waals surface area contributed by atoms with Gasteiger partial charge in [-0.15, -0.1) is 0 Å². The van der Waals surface area contributed by atoms with Crippen LogP contribution in [0.25, 0.3) is 0 Å². The topological polar surface area (TPSA) is 58.8 Å². The monoisotopic (exact) mass is 456 g/mol. The first-order chi connectivity index (χ1) is 14.0. The quantitative estimate of drug-likeness (QED) is 0.566. The van der Waals surface area contributed by atoms with Crippen LogP contribution in [0.1, 0.15) is 5.56 Å². The molecule has 0 unspecified atom stereocenters. The fourth-order valence-corrected chi connectivity index (χ4v) is 3.70. The van der Waals surface area contributed by atoms with Crippen LogP contribution in [0.3, 0.4) is 0 Å². The number of halogens is 4. The number of benzene rings is 2. The first-order valence-electron chi connectivity index (χ1n) is 8.28. The third-order valence-electron chi connectivity index (χ3n) is 3.91. The predicted molar refractivity (Wildman–Crippen MR) is 111 cm³/mol. The summed E-state index contributed by atoms with van der Waals surface area (Å²) in [5.74, 6) is 1.11. The van der Waals surface area contributed by atoms with E-state index in [0.717, 1.165) is 5.56 Å². The summed E-state index contributed by atoms with van der Waals surface area (Å²) in [5.41, 5.74) is 1.41. The summed E-state index contributed by atoms with van der Waals surface area (Å²) in [6.45, 7) is -2.39. The van der Waals surface area contributed by atoms with Crippen molar-refractivity contribution < 1.29 is 18.3 Å². The van der Waals surface area contributed by atoms with Gasteiger partial charge in [-0.1, -0.05) is 23.2 Å². The van der Waals surface area contributed by atoms with Crippen molar-refractivity contribution in [2.45, 2.75) is 6.61 Å². The van der Waals surface area contributed by atoms with E-state index < -0.39 is 6.61 Å². The molecule has 29 heavy (non-hydrogen) atoms. The Morgan fingerprint density at radius 1 is 1.14 bits per heavy atom. The summed E-state index contributed by atoms with van der Waals surface area (Å²) >= 11 is 13.2. The van der Waals surface area contributed by atoms with Gasteiger partial charge in [0.05, 0.1) is 29.2 Å². The highest BCUT2D eigenvalue weighted by molar-refractivity contribution is 8.13. The molecule has 0 bridgehead atoms. The van der Waals surface area contributed by atoms with Crippen LogP contribution in [0, 0.1) is 0 Å². The molecule has 0 fully saturated rings. The number of hydrogen-bond acceptors (Lipinski definition) is 7. The maximum absolute atomic E-state index is 12.3. The van der Waals surface area contributed by atoms with E-state index in [-0.39, 0.29) is 12.4 Å². The Kier molecular flexibility index (Phi) is 5.89. The third kappa shape index (κ3) is 4.63. The molecule has 0 amide bonds. The van der Waals surface area contributed by atoms with Crippen molar-refractivity contribution in [3.63, 3.8) is 0 Å². The van der Waals surface area contributed by atoms with Crippen molar-refractivity contribution in [1.82, 2.24) is 5.01 Å². The molecule has 2 heterocycles. The summed E-state index contributed by atoms with van der Waals surface area (Å²) in [4.78, 5) is 4.46. The number of alkyl halides is 2. The van der Waals surface area contributed by atoms with E-state index in [0.29, 0.717) is 39.1 Å². The van der Waals surface area contributed by atoms with E-state index in [9.17, 15) is 8.78 Å². The molecule has 2 aliphatic rings. The lowest BCUT2D eigenvalue weighted by Crippen LogP contribution is -2.35. The van der Waals surface area contributed by atoms with E-state index in [1.165, 1.54) is 24.1 Å². The summed E-state index contributed by atoms with van der Waals surface area (Å²) in [6.07, 6.45) is 0. The number of fused-ring (bicyclic) bond motifs is 1. The van der Waals surface area contributed by atoms with Crippen molar-refractivity contribution in [3.05, 3.63) is 58.1 Å². The standard InChI is InChI=1S/C18H12Cl2F2N4O2S/c19-11-3-6-15(13(20)7-11)27-9-16-25-29-18-23-8-14(24-26(16)18)10-1-4-12(5-2-10)28-17(21)22/h1-7,17H,8-9H2. The number of rotatable bonds is 6. The van der Waals surface area contributed by atoms with E-state index in [2.05, 4.69) is 19.2 Å². The van der Waals surface area contributed by atoms with Crippen LogP contribution < -0.4 is 9.47 Å². The van der Waals surface area contributed by atoms with Gasteiger partial charge in [-0.2, -0.15) is 23.3 Å². The lowest BCUT2D eigenvalue weighted by atomic mass is 10.1. The van der Waals surface area contributed by atoms with Gasteiger partial charge in [-0.3, -0.25) is 4.99 Å². The molecule has 0 N–H and O–H groups in total. The van der Waals surface area contributed by atoms with Crippen molar-refractivity contribution >= 4 is 51.9 Å². The van der Waals surface area contributed by atoms with Crippen molar-refractivity contribution in [3.8, 4) is 11.5 Å².